The number of guanidine groups is 1. The molecule has 5 nitrogen and oxygen atoms in total. The van der Waals surface area contributed by atoms with Crippen LogP contribution in [0.4, 0.5) is 0 Å². The van der Waals surface area contributed by atoms with Crippen molar-refractivity contribution in [3.8, 4) is 0 Å². The minimum absolute atomic E-state index is 0. The Morgan fingerprint density at radius 2 is 1.76 bits per heavy atom. The van der Waals surface area contributed by atoms with Gasteiger partial charge in [-0.3, -0.25) is 9.79 Å². The molecule has 3 N–H and O–H groups in total. The molecule has 0 fully saturated rings. The van der Waals surface area contributed by atoms with Gasteiger partial charge in [0.05, 0.1) is 6.54 Å². The maximum atomic E-state index is 11.6. The highest BCUT2D eigenvalue weighted by Gasteiger charge is 2.03. The molecular weight excluding hydrogens is 427 g/mol. The topological polar surface area (TPSA) is 65.5 Å². The van der Waals surface area contributed by atoms with Crippen LogP contribution in [0.5, 0.6) is 0 Å². The average molecular weight is 460 g/mol. The van der Waals surface area contributed by atoms with Gasteiger partial charge in [0.15, 0.2) is 5.96 Å². The van der Waals surface area contributed by atoms with Gasteiger partial charge in [0.1, 0.15) is 0 Å². The molecule has 25 heavy (non-hydrogen) atoms. The highest BCUT2D eigenvalue weighted by molar-refractivity contribution is 14.0. The van der Waals surface area contributed by atoms with Crippen molar-refractivity contribution in [2.45, 2.75) is 53.5 Å². The molecule has 0 aliphatic carbocycles. The Hall–Kier alpha value is -1.31. The maximum Gasteiger partial charge on any atom is 0.222 e. The van der Waals surface area contributed by atoms with Gasteiger partial charge < -0.3 is 16.0 Å². The number of amides is 1. The summed E-state index contributed by atoms with van der Waals surface area (Å²) < 4.78 is 0. The zero-order chi connectivity index (χ0) is 17.9. The Labute approximate surface area is 169 Å². The van der Waals surface area contributed by atoms with E-state index in [0.717, 1.165) is 25.5 Å². The second-order valence-corrected chi connectivity index (χ2v) is 6.41. The molecule has 0 heterocycles. The van der Waals surface area contributed by atoms with E-state index in [1.807, 2.05) is 20.8 Å². The highest BCUT2D eigenvalue weighted by Crippen LogP contribution is 2.08. The second-order valence-electron chi connectivity index (χ2n) is 6.41. The van der Waals surface area contributed by atoms with E-state index in [-0.39, 0.29) is 35.9 Å². The van der Waals surface area contributed by atoms with Gasteiger partial charge in [-0.1, -0.05) is 29.3 Å². The quantitative estimate of drug-likeness (QED) is 0.318. The average Bonchev–Trinajstić information content (AvgIpc) is 2.45. The molecule has 0 aliphatic rings. The van der Waals surface area contributed by atoms with Crippen molar-refractivity contribution < 1.29 is 4.79 Å². The van der Waals surface area contributed by atoms with Gasteiger partial charge in [0.2, 0.25) is 5.91 Å². The number of rotatable bonds is 8. The third-order valence-electron chi connectivity index (χ3n) is 3.39. The number of carbonyl (C=O) groups excluding carboxylic acids is 1. The number of halogens is 1. The molecule has 0 spiro atoms. The standard InChI is InChI=1S/C19H32N4O.HI/c1-6-20-19(22-10-8-18(24)23-14(2)3)21-9-7-17-12-15(4)11-16(5)13-17;/h11-14H,6-10H2,1-5H3,(H,23,24)(H2,20,21,22);1H. The van der Waals surface area contributed by atoms with Crippen LogP contribution in [0.25, 0.3) is 0 Å². The molecule has 0 saturated carbocycles. The van der Waals surface area contributed by atoms with E-state index in [2.05, 4.69) is 53.0 Å². The summed E-state index contributed by atoms with van der Waals surface area (Å²) in [6.45, 7) is 12.3. The van der Waals surface area contributed by atoms with Crippen molar-refractivity contribution in [3.05, 3.63) is 34.9 Å². The number of benzene rings is 1. The van der Waals surface area contributed by atoms with Crippen LogP contribution < -0.4 is 16.0 Å². The van der Waals surface area contributed by atoms with E-state index in [9.17, 15) is 4.79 Å². The molecule has 0 aromatic heterocycles. The monoisotopic (exact) mass is 460 g/mol. The number of aryl methyl sites for hydroxylation is 2. The van der Waals surface area contributed by atoms with Gasteiger partial charge in [0.25, 0.3) is 0 Å². The Morgan fingerprint density at radius 3 is 2.32 bits per heavy atom. The van der Waals surface area contributed by atoms with Crippen LogP contribution >= 0.6 is 24.0 Å². The van der Waals surface area contributed by atoms with E-state index >= 15 is 0 Å². The third-order valence-corrected chi connectivity index (χ3v) is 3.39. The molecule has 1 aromatic carbocycles. The molecule has 6 heteroatoms. The molecule has 1 amide bonds. The Balaban J connectivity index is 0.00000576. The van der Waals surface area contributed by atoms with Crippen molar-refractivity contribution in [2.24, 2.45) is 4.99 Å². The van der Waals surface area contributed by atoms with E-state index in [0.29, 0.717) is 13.0 Å². The van der Waals surface area contributed by atoms with Crippen molar-refractivity contribution in [1.29, 1.82) is 0 Å². The van der Waals surface area contributed by atoms with E-state index < -0.39 is 0 Å². The van der Waals surface area contributed by atoms with E-state index in [1.165, 1.54) is 16.7 Å². The first-order chi connectivity index (χ1) is 11.4. The minimum Gasteiger partial charge on any atom is -0.357 e. The van der Waals surface area contributed by atoms with Gasteiger partial charge in [0, 0.05) is 25.6 Å². The summed E-state index contributed by atoms with van der Waals surface area (Å²) in [7, 11) is 0. The zero-order valence-electron chi connectivity index (χ0n) is 16.1. The smallest absolute Gasteiger partial charge is 0.222 e. The first-order valence-electron chi connectivity index (χ1n) is 8.79. The molecule has 0 saturated heterocycles. The van der Waals surface area contributed by atoms with Gasteiger partial charge in [-0.2, -0.15) is 0 Å². The molecule has 1 aromatic rings. The fourth-order valence-electron chi connectivity index (χ4n) is 2.54. The van der Waals surface area contributed by atoms with Gasteiger partial charge in [-0.15, -0.1) is 24.0 Å². The van der Waals surface area contributed by atoms with Crippen molar-refractivity contribution in [1.82, 2.24) is 16.0 Å². The lowest BCUT2D eigenvalue weighted by Gasteiger charge is -2.12. The zero-order valence-corrected chi connectivity index (χ0v) is 18.4. The number of carbonyl (C=O) groups is 1. The molecular formula is C19H33IN4O. The summed E-state index contributed by atoms with van der Waals surface area (Å²) in [6.07, 6.45) is 1.35. The van der Waals surface area contributed by atoms with E-state index in [1.54, 1.807) is 0 Å². The molecule has 0 bridgehead atoms. The molecule has 0 atom stereocenters. The molecule has 142 valence electrons. The van der Waals surface area contributed by atoms with Crippen LogP contribution in [0.1, 0.15) is 43.9 Å². The van der Waals surface area contributed by atoms with Crippen molar-refractivity contribution >= 4 is 35.8 Å². The number of nitrogens with one attached hydrogen (secondary N) is 3. The van der Waals surface area contributed by atoms with Gasteiger partial charge >= 0.3 is 0 Å². The van der Waals surface area contributed by atoms with E-state index in [4.69, 9.17) is 0 Å². The first kappa shape index (κ1) is 23.7. The summed E-state index contributed by atoms with van der Waals surface area (Å²) >= 11 is 0. The number of hydrogen-bond donors (Lipinski definition) is 3. The van der Waals surface area contributed by atoms with Gasteiger partial charge in [-0.05, 0) is 46.6 Å². The van der Waals surface area contributed by atoms with Gasteiger partial charge in [-0.25, -0.2) is 0 Å². The maximum absolute atomic E-state index is 11.6. The summed E-state index contributed by atoms with van der Waals surface area (Å²) in [5, 5.41) is 9.42. The Bertz CT molecular complexity index is 538. The van der Waals surface area contributed by atoms with Crippen LogP contribution in [0, 0.1) is 13.8 Å². The van der Waals surface area contributed by atoms with Crippen LogP contribution in [-0.4, -0.2) is 37.5 Å². The Kier molecular flexibility index (Phi) is 12.3. The summed E-state index contributed by atoms with van der Waals surface area (Å²) in [4.78, 5) is 16.1. The number of aliphatic imine (C=N–C) groups is 1. The SMILES string of the molecule is CCNC(=NCCC(=O)NC(C)C)NCCc1cc(C)cc(C)c1.I. The first-order valence-corrected chi connectivity index (χ1v) is 8.79. The lowest BCUT2D eigenvalue weighted by atomic mass is 10.1. The fraction of sp³-hybridized carbons (Fsp3) is 0.579. The largest absolute Gasteiger partial charge is 0.357 e. The highest BCUT2D eigenvalue weighted by atomic mass is 127. The van der Waals surface area contributed by atoms with Crippen LogP contribution in [0.3, 0.4) is 0 Å². The molecule has 0 aliphatic heterocycles. The van der Waals surface area contributed by atoms with Crippen molar-refractivity contribution in [3.63, 3.8) is 0 Å². The lowest BCUT2D eigenvalue weighted by Crippen LogP contribution is -2.38. The summed E-state index contributed by atoms with van der Waals surface area (Å²) in [5.74, 6) is 0.805. The lowest BCUT2D eigenvalue weighted by molar-refractivity contribution is -0.121. The fourth-order valence-corrected chi connectivity index (χ4v) is 2.54. The minimum atomic E-state index is 0. The van der Waals surface area contributed by atoms with Crippen LogP contribution in [0.15, 0.2) is 23.2 Å². The van der Waals surface area contributed by atoms with Crippen LogP contribution in [0.2, 0.25) is 0 Å². The number of hydrogen-bond acceptors (Lipinski definition) is 2. The summed E-state index contributed by atoms with van der Waals surface area (Å²) in [6, 6.07) is 6.79. The predicted molar refractivity (Wildman–Crippen MR) is 117 cm³/mol. The van der Waals surface area contributed by atoms with Crippen LogP contribution in [-0.2, 0) is 11.2 Å². The normalized spacial score (nSPS) is 11.0. The molecule has 1 rings (SSSR count). The predicted octanol–water partition coefficient (Wildman–Crippen LogP) is 2.93. The summed E-state index contributed by atoms with van der Waals surface area (Å²) in [5.41, 5.74) is 3.91. The second kappa shape index (κ2) is 13.0. The molecule has 0 radical (unpaired) electrons. The number of nitrogens with zero attached hydrogens (tertiary/aromatic N) is 1. The Morgan fingerprint density at radius 1 is 1.12 bits per heavy atom. The third kappa shape index (κ3) is 11.0. The molecule has 0 unspecified atom stereocenters. The van der Waals surface area contributed by atoms with Crippen molar-refractivity contribution in [2.75, 3.05) is 19.6 Å².